The Morgan fingerprint density at radius 3 is 2.26 bits per heavy atom. The zero-order valence-corrected chi connectivity index (χ0v) is 16.5. The number of aliphatic hydroxyl groups excluding tert-OH is 2. The fraction of sp³-hybridized carbons (Fsp3) is 0.842. The summed E-state index contributed by atoms with van der Waals surface area (Å²) < 4.78 is 0. The van der Waals surface area contributed by atoms with Crippen LogP contribution in [-0.4, -0.2) is 64.2 Å². The Kier molecular flexibility index (Phi) is 6.86. The lowest BCUT2D eigenvalue weighted by molar-refractivity contribution is -0.144. The number of carbonyl (C=O) groups is 3. The molecule has 0 aromatic heterocycles. The molecule has 0 bridgehead atoms. The van der Waals surface area contributed by atoms with Crippen molar-refractivity contribution in [3.05, 3.63) is 0 Å². The van der Waals surface area contributed by atoms with E-state index < -0.39 is 29.5 Å². The molecular weight excluding hydrogens is 350 g/mol. The zero-order valence-electron chi connectivity index (χ0n) is 16.5. The Morgan fingerprint density at radius 2 is 1.78 bits per heavy atom. The SMILES string of the molecule is CC(C)(C)[C@H](NC(=O)C1CCC(CO)CC1)C(=O)N1C[C@H](O)C[C@H]1C(N)=O. The second-order valence-electron chi connectivity index (χ2n) is 9.01. The first-order valence-corrected chi connectivity index (χ1v) is 9.73. The normalized spacial score (nSPS) is 30.0. The standard InChI is InChI=1S/C19H33N3O5/c1-19(2,3)15(18(27)22-9-13(24)8-14(22)16(20)25)21-17(26)12-6-4-11(10-23)5-7-12/h11-15,23-24H,4-10H2,1-3H3,(H2,20,25)(H,21,26)/t11?,12?,13-,14+,15-/m1/s1. The lowest BCUT2D eigenvalue weighted by Gasteiger charge is -2.36. The van der Waals surface area contributed by atoms with E-state index >= 15 is 0 Å². The van der Waals surface area contributed by atoms with Crippen molar-refractivity contribution in [2.24, 2.45) is 23.0 Å². The van der Waals surface area contributed by atoms with Crippen LogP contribution >= 0.6 is 0 Å². The molecule has 3 amide bonds. The number of nitrogens with one attached hydrogen (secondary N) is 1. The third kappa shape index (κ3) is 5.19. The Bertz CT molecular complexity index is 566. The van der Waals surface area contributed by atoms with Gasteiger partial charge in [0.05, 0.1) is 6.10 Å². The van der Waals surface area contributed by atoms with Crippen molar-refractivity contribution in [3.63, 3.8) is 0 Å². The lowest BCUT2D eigenvalue weighted by Crippen LogP contribution is -2.58. The first kappa shape index (κ1) is 21.6. The van der Waals surface area contributed by atoms with E-state index in [-0.39, 0.29) is 43.2 Å². The fourth-order valence-corrected chi connectivity index (χ4v) is 4.01. The Balaban J connectivity index is 2.10. The molecule has 0 spiro atoms. The van der Waals surface area contributed by atoms with Crippen molar-refractivity contribution in [2.75, 3.05) is 13.2 Å². The second-order valence-corrected chi connectivity index (χ2v) is 9.01. The molecule has 3 atom stereocenters. The van der Waals surface area contributed by atoms with Gasteiger partial charge < -0.3 is 26.2 Å². The van der Waals surface area contributed by atoms with Crippen LogP contribution in [0.1, 0.15) is 52.9 Å². The summed E-state index contributed by atoms with van der Waals surface area (Å²) >= 11 is 0. The van der Waals surface area contributed by atoms with Gasteiger partial charge in [-0.25, -0.2) is 0 Å². The van der Waals surface area contributed by atoms with Gasteiger partial charge in [-0.05, 0) is 37.0 Å². The molecule has 8 nitrogen and oxygen atoms in total. The highest BCUT2D eigenvalue weighted by Crippen LogP contribution is 2.30. The van der Waals surface area contributed by atoms with Crippen LogP contribution in [0.5, 0.6) is 0 Å². The molecule has 27 heavy (non-hydrogen) atoms. The molecule has 8 heteroatoms. The lowest BCUT2D eigenvalue weighted by atomic mass is 9.80. The summed E-state index contributed by atoms with van der Waals surface area (Å²) in [5.74, 6) is -1.14. The van der Waals surface area contributed by atoms with Gasteiger partial charge in [-0.3, -0.25) is 14.4 Å². The molecule has 1 aliphatic heterocycles. The van der Waals surface area contributed by atoms with Gasteiger partial charge >= 0.3 is 0 Å². The molecule has 0 radical (unpaired) electrons. The molecule has 0 aromatic rings. The summed E-state index contributed by atoms with van der Waals surface area (Å²) in [4.78, 5) is 38.9. The molecule has 1 saturated heterocycles. The smallest absolute Gasteiger partial charge is 0.246 e. The van der Waals surface area contributed by atoms with Gasteiger partial charge in [0, 0.05) is 25.5 Å². The maximum absolute atomic E-state index is 13.1. The minimum Gasteiger partial charge on any atom is -0.396 e. The van der Waals surface area contributed by atoms with Gasteiger partial charge in [-0.1, -0.05) is 20.8 Å². The number of likely N-dealkylation sites (tertiary alicyclic amines) is 1. The summed E-state index contributed by atoms with van der Waals surface area (Å²) in [6.45, 7) is 5.73. The van der Waals surface area contributed by atoms with Crippen molar-refractivity contribution in [1.29, 1.82) is 0 Å². The van der Waals surface area contributed by atoms with E-state index in [1.165, 1.54) is 4.90 Å². The molecule has 154 valence electrons. The van der Waals surface area contributed by atoms with Gasteiger partial charge in [0.2, 0.25) is 17.7 Å². The van der Waals surface area contributed by atoms with Crippen LogP contribution in [0.25, 0.3) is 0 Å². The van der Waals surface area contributed by atoms with Gasteiger partial charge in [0.15, 0.2) is 0 Å². The molecule has 0 unspecified atom stereocenters. The minimum absolute atomic E-state index is 0.0382. The Hall–Kier alpha value is -1.67. The van der Waals surface area contributed by atoms with E-state index in [0.29, 0.717) is 12.8 Å². The van der Waals surface area contributed by atoms with Crippen molar-refractivity contribution >= 4 is 17.7 Å². The number of amides is 3. The van der Waals surface area contributed by atoms with Crippen molar-refractivity contribution in [1.82, 2.24) is 10.2 Å². The van der Waals surface area contributed by atoms with Crippen LogP contribution in [0.3, 0.4) is 0 Å². The topological polar surface area (TPSA) is 133 Å². The van der Waals surface area contributed by atoms with Gasteiger partial charge in [-0.2, -0.15) is 0 Å². The molecule has 2 rings (SSSR count). The molecule has 5 N–H and O–H groups in total. The molecule has 2 fully saturated rings. The molecule has 0 aromatic carbocycles. The van der Waals surface area contributed by atoms with Crippen LogP contribution in [0, 0.1) is 17.3 Å². The minimum atomic E-state index is -0.853. The Labute approximate surface area is 160 Å². The molecular formula is C19H33N3O5. The van der Waals surface area contributed by atoms with Crippen molar-refractivity contribution in [3.8, 4) is 0 Å². The first-order valence-electron chi connectivity index (χ1n) is 9.73. The molecule has 1 heterocycles. The third-order valence-electron chi connectivity index (χ3n) is 5.77. The molecule has 1 aliphatic carbocycles. The monoisotopic (exact) mass is 383 g/mol. The first-order chi connectivity index (χ1) is 12.5. The number of aliphatic hydroxyl groups is 2. The number of nitrogens with zero attached hydrogens (tertiary/aromatic N) is 1. The van der Waals surface area contributed by atoms with E-state index in [0.717, 1.165) is 12.8 Å². The van der Waals surface area contributed by atoms with Crippen LogP contribution in [0.4, 0.5) is 0 Å². The highest BCUT2D eigenvalue weighted by molar-refractivity contribution is 5.93. The maximum atomic E-state index is 13.1. The fourth-order valence-electron chi connectivity index (χ4n) is 4.01. The van der Waals surface area contributed by atoms with Crippen LogP contribution in [-0.2, 0) is 14.4 Å². The van der Waals surface area contributed by atoms with Crippen molar-refractivity contribution in [2.45, 2.75) is 71.1 Å². The van der Waals surface area contributed by atoms with Gasteiger partial charge in [0.1, 0.15) is 12.1 Å². The van der Waals surface area contributed by atoms with Gasteiger partial charge in [0.25, 0.3) is 0 Å². The number of primary amides is 1. The molecule has 1 saturated carbocycles. The highest BCUT2D eigenvalue weighted by atomic mass is 16.3. The summed E-state index contributed by atoms with van der Waals surface area (Å²) in [6.07, 6.45) is 2.30. The van der Waals surface area contributed by atoms with E-state index in [2.05, 4.69) is 5.32 Å². The van der Waals surface area contributed by atoms with Crippen molar-refractivity contribution < 1.29 is 24.6 Å². The average Bonchev–Trinajstić information content (AvgIpc) is 3.00. The van der Waals surface area contributed by atoms with Gasteiger partial charge in [-0.15, -0.1) is 0 Å². The number of nitrogens with two attached hydrogens (primary N) is 1. The van der Waals surface area contributed by atoms with E-state index in [9.17, 15) is 24.6 Å². The highest BCUT2D eigenvalue weighted by Gasteiger charge is 2.44. The number of hydrogen-bond donors (Lipinski definition) is 4. The largest absolute Gasteiger partial charge is 0.396 e. The predicted molar refractivity (Wildman–Crippen MR) is 99.2 cm³/mol. The summed E-state index contributed by atoms with van der Waals surface area (Å²) in [5.41, 5.74) is 4.83. The van der Waals surface area contributed by atoms with Crippen LogP contribution < -0.4 is 11.1 Å². The number of hydrogen-bond acceptors (Lipinski definition) is 5. The van der Waals surface area contributed by atoms with Crippen LogP contribution in [0.15, 0.2) is 0 Å². The molecule has 2 aliphatic rings. The third-order valence-corrected chi connectivity index (χ3v) is 5.77. The maximum Gasteiger partial charge on any atom is 0.246 e. The average molecular weight is 383 g/mol. The summed E-state index contributed by atoms with van der Waals surface area (Å²) in [6, 6.07) is -1.66. The zero-order chi connectivity index (χ0) is 20.4. The number of rotatable bonds is 5. The quantitative estimate of drug-likeness (QED) is 0.520. The summed E-state index contributed by atoms with van der Waals surface area (Å²) in [5, 5.41) is 22.0. The summed E-state index contributed by atoms with van der Waals surface area (Å²) in [7, 11) is 0. The number of carbonyl (C=O) groups excluding carboxylic acids is 3. The van der Waals surface area contributed by atoms with E-state index in [1.54, 1.807) is 0 Å². The Morgan fingerprint density at radius 1 is 1.19 bits per heavy atom. The predicted octanol–water partition coefficient (Wildman–Crippen LogP) is -0.237. The number of β-amino-alcohol motifs (C(OH)–C–C–N with tert-alkyl or cyclic N) is 1. The van der Waals surface area contributed by atoms with E-state index in [1.807, 2.05) is 20.8 Å². The second kappa shape index (κ2) is 8.56. The van der Waals surface area contributed by atoms with Crippen LogP contribution in [0.2, 0.25) is 0 Å². The van der Waals surface area contributed by atoms with E-state index in [4.69, 9.17) is 5.73 Å².